The van der Waals surface area contributed by atoms with Gasteiger partial charge in [0.1, 0.15) is 11.5 Å². The number of halogens is 2. The molecule has 0 unspecified atom stereocenters. The van der Waals surface area contributed by atoms with E-state index in [1.54, 1.807) is 12.1 Å². The Labute approximate surface area is 121 Å². The van der Waals surface area contributed by atoms with E-state index in [0.29, 0.717) is 17.2 Å². The van der Waals surface area contributed by atoms with Gasteiger partial charge in [0.05, 0.1) is 5.02 Å². The molecule has 0 bridgehead atoms. The van der Waals surface area contributed by atoms with E-state index in [1.807, 2.05) is 0 Å². The molecule has 1 saturated carbocycles. The Kier molecular flexibility index (Phi) is 3.30. The number of benzene rings is 1. The number of rotatable bonds is 2. The van der Waals surface area contributed by atoms with Crippen LogP contribution in [0.4, 0.5) is 10.2 Å². The molecule has 2 aromatic rings. The Morgan fingerprint density at radius 1 is 1.30 bits per heavy atom. The van der Waals surface area contributed by atoms with Crippen molar-refractivity contribution in [3.63, 3.8) is 0 Å². The zero-order valence-electron chi connectivity index (χ0n) is 10.9. The summed E-state index contributed by atoms with van der Waals surface area (Å²) in [5.74, 6) is 6.77. The summed E-state index contributed by atoms with van der Waals surface area (Å²) in [6.07, 6.45) is 4.42. The van der Waals surface area contributed by atoms with Crippen LogP contribution in [0.15, 0.2) is 18.2 Å². The number of aromatic nitrogens is 2. The molecule has 4 nitrogen and oxygen atoms in total. The third-order valence-electron chi connectivity index (χ3n) is 3.90. The molecule has 6 heteroatoms. The fourth-order valence-corrected chi connectivity index (χ4v) is 2.99. The van der Waals surface area contributed by atoms with Gasteiger partial charge in [0.15, 0.2) is 11.6 Å². The van der Waals surface area contributed by atoms with E-state index < -0.39 is 5.82 Å². The molecule has 1 fully saturated rings. The van der Waals surface area contributed by atoms with Crippen molar-refractivity contribution in [2.75, 3.05) is 11.6 Å². The topological polar surface area (TPSA) is 69.9 Å². The van der Waals surface area contributed by atoms with Gasteiger partial charge in [0, 0.05) is 11.5 Å². The number of anilines is 1. The van der Waals surface area contributed by atoms with Gasteiger partial charge in [-0.25, -0.2) is 14.1 Å². The Bertz CT molecular complexity index is 647. The molecule has 20 heavy (non-hydrogen) atoms. The predicted octanol–water partition coefficient (Wildman–Crippen LogP) is 3.30. The average molecular weight is 295 g/mol. The Morgan fingerprint density at radius 2 is 2.00 bits per heavy atom. The lowest BCUT2D eigenvalue weighted by Gasteiger charge is -2.08. The molecule has 106 valence electrons. The molecule has 3 rings (SSSR count). The van der Waals surface area contributed by atoms with Gasteiger partial charge in [-0.3, -0.25) is 0 Å². The van der Waals surface area contributed by atoms with Gasteiger partial charge in [0.25, 0.3) is 0 Å². The minimum absolute atomic E-state index is 0.0517. The first kappa shape index (κ1) is 13.2. The molecule has 1 aliphatic rings. The summed E-state index contributed by atoms with van der Waals surface area (Å²) in [5, 5.41) is 0.0517. The number of nitrogen functional groups attached to an aromatic ring is 2. The SMILES string of the molecule is Nc1c(-c2cccc(Cl)c2F)nc(C2CCCC2)n1N. The number of imidazole rings is 1. The minimum Gasteiger partial charge on any atom is -0.382 e. The summed E-state index contributed by atoms with van der Waals surface area (Å²) in [4.78, 5) is 4.48. The maximum atomic E-state index is 14.1. The van der Waals surface area contributed by atoms with E-state index in [0.717, 1.165) is 31.5 Å². The van der Waals surface area contributed by atoms with E-state index in [2.05, 4.69) is 4.98 Å². The van der Waals surface area contributed by atoms with Crippen LogP contribution >= 0.6 is 11.6 Å². The van der Waals surface area contributed by atoms with Crippen molar-refractivity contribution in [3.05, 3.63) is 34.9 Å². The van der Waals surface area contributed by atoms with Crippen LogP contribution in [0.2, 0.25) is 5.02 Å². The van der Waals surface area contributed by atoms with E-state index in [9.17, 15) is 4.39 Å². The highest BCUT2D eigenvalue weighted by Crippen LogP contribution is 2.37. The fourth-order valence-electron chi connectivity index (χ4n) is 2.82. The summed E-state index contributed by atoms with van der Waals surface area (Å²) in [7, 11) is 0. The predicted molar refractivity (Wildman–Crippen MR) is 78.4 cm³/mol. The lowest BCUT2D eigenvalue weighted by Crippen LogP contribution is -2.17. The second-order valence-corrected chi connectivity index (χ2v) is 5.56. The van der Waals surface area contributed by atoms with Crippen LogP contribution in [0.3, 0.4) is 0 Å². The first-order chi connectivity index (χ1) is 9.59. The minimum atomic E-state index is -0.517. The smallest absolute Gasteiger partial charge is 0.151 e. The van der Waals surface area contributed by atoms with Crippen LogP contribution in [0.5, 0.6) is 0 Å². The molecule has 0 radical (unpaired) electrons. The van der Waals surface area contributed by atoms with Crippen molar-refractivity contribution < 1.29 is 4.39 Å². The highest BCUT2D eigenvalue weighted by molar-refractivity contribution is 6.31. The Balaban J connectivity index is 2.10. The second-order valence-electron chi connectivity index (χ2n) is 5.16. The quantitative estimate of drug-likeness (QED) is 0.835. The van der Waals surface area contributed by atoms with Gasteiger partial charge in [-0.15, -0.1) is 0 Å². The van der Waals surface area contributed by atoms with Crippen LogP contribution in [0.25, 0.3) is 11.3 Å². The largest absolute Gasteiger partial charge is 0.382 e. The molecule has 0 amide bonds. The zero-order chi connectivity index (χ0) is 14.3. The van der Waals surface area contributed by atoms with E-state index in [-0.39, 0.29) is 10.8 Å². The summed E-state index contributed by atoms with van der Waals surface area (Å²) in [6, 6.07) is 4.78. The van der Waals surface area contributed by atoms with Crippen LogP contribution in [-0.2, 0) is 0 Å². The molecule has 1 heterocycles. The van der Waals surface area contributed by atoms with E-state index >= 15 is 0 Å². The van der Waals surface area contributed by atoms with Crippen molar-refractivity contribution in [2.24, 2.45) is 0 Å². The van der Waals surface area contributed by atoms with Gasteiger partial charge in [-0.2, -0.15) is 0 Å². The van der Waals surface area contributed by atoms with Crippen LogP contribution in [0.1, 0.15) is 37.4 Å². The Morgan fingerprint density at radius 3 is 2.70 bits per heavy atom. The highest BCUT2D eigenvalue weighted by Gasteiger charge is 2.26. The lowest BCUT2D eigenvalue weighted by molar-refractivity contribution is 0.630. The Hall–Kier alpha value is -1.75. The summed E-state index contributed by atoms with van der Waals surface area (Å²) in [5.41, 5.74) is 6.65. The number of nitrogens with zero attached hydrogens (tertiary/aromatic N) is 2. The van der Waals surface area contributed by atoms with Gasteiger partial charge in [0.2, 0.25) is 0 Å². The summed E-state index contributed by atoms with van der Waals surface area (Å²) in [6.45, 7) is 0. The fraction of sp³-hybridized carbons (Fsp3) is 0.357. The molecule has 0 saturated heterocycles. The number of nitrogens with two attached hydrogens (primary N) is 2. The normalized spacial score (nSPS) is 15.9. The molecule has 0 atom stereocenters. The number of hydrogen-bond donors (Lipinski definition) is 2. The zero-order valence-corrected chi connectivity index (χ0v) is 11.7. The molecule has 0 spiro atoms. The van der Waals surface area contributed by atoms with Crippen molar-refractivity contribution in [2.45, 2.75) is 31.6 Å². The first-order valence-corrected chi connectivity index (χ1v) is 7.05. The molecular formula is C14H16ClFN4. The van der Waals surface area contributed by atoms with Crippen molar-refractivity contribution in [3.8, 4) is 11.3 Å². The maximum absolute atomic E-state index is 14.1. The monoisotopic (exact) mass is 294 g/mol. The third-order valence-corrected chi connectivity index (χ3v) is 4.19. The van der Waals surface area contributed by atoms with Gasteiger partial charge >= 0.3 is 0 Å². The first-order valence-electron chi connectivity index (χ1n) is 6.67. The van der Waals surface area contributed by atoms with Crippen LogP contribution < -0.4 is 11.6 Å². The lowest BCUT2D eigenvalue weighted by atomic mass is 10.1. The molecule has 1 aliphatic carbocycles. The third kappa shape index (κ3) is 2.02. The standard InChI is InChI=1S/C14H16ClFN4/c15-10-7-3-6-9(11(10)16)12-13(17)20(18)14(19-12)8-4-1-2-5-8/h3,6-8H,1-2,4-5,17-18H2. The van der Waals surface area contributed by atoms with E-state index in [1.165, 1.54) is 10.7 Å². The van der Waals surface area contributed by atoms with Crippen LogP contribution in [0, 0.1) is 5.82 Å². The molecule has 1 aromatic heterocycles. The van der Waals surface area contributed by atoms with Gasteiger partial charge in [-0.05, 0) is 25.0 Å². The number of hydrogen-bond acceptors (Lipinski definition) is 3. The van der Waals surface area contributed by atoms with Crippen molar-refractivity contribution in [1.29, 1.82) is 0 Å². The summed E-state index contributed by atoms with van der Waals surface area (Å²) >= 11 is 5.81. The highest BCUT2D eigenvalue weighted by atomic mass is 35.5. The molecular weight excluding hydrogens is 279 g/mol. The molecule has 4 N–H and O–H groups in total. The van der Waals surface area contributed by atoms with Crippen LogP contribution in [-0.4, -0.2) is 9.66 Å². The van der Waals surface area contributed by atoms with Gasteiger partial charge in [-0.1, -0.05) is 30.5 Å². The van der Waals surface area contributed by atoms with Crippen molar-refractivity contribution >= 4 is 17.4 Å². The average Bonchev–Trinajstić information content (AvgIpc) is 3.04. The summed E-state index contributed by atoms with van der Waals surface area (Å²) < 4.78 is 15.5. The maximum Gasteiger partial charge on any atom is 0.151 e. The second kappa shape index (κ2) is 4.98. The molecule has 1 aromatic carbocycles. The molecule has 0 aliphatic heterocycles. The van der Waals surface area contributed by atoms with Gasteiger partial charge < -0.3 is 11.6 Å². The van der Waals surface area contributed by atoms with E-state index in [4.69, 9.17) is 23.2 Å². The van der Waals surface area contributed by atoms with Crippen molar-refractivity contribution in [1.82, 2.24) is 9.66 Å².